The van der Waals surface area contributed by atoms with Crippen LogP contribution in [0.25, 0.3) is 0 Å². The third kappa shape index (κ3) is 5.25. The molecule has 1 saturated carbocycles. The molecule has 1 aromatic rings. The van der Waals surface area contributed by atoms with Gasteiger partial charge in [0.15, 0.2) is 5.16 Å². The predicted molar refractivity (Wildman–Crippen MR) is 105 cm³/mol. The van der Waals surface area contributed by atoms with Crippen LogP contribution in [0.15, 0.2) is 11.2 Å². The van der Waals surface area contributed by atoms with Gasteiger partial charge in [-0.2, -0.15) is 0 Å². The van der Waals surface area contributed by atoms with Gasteiger partial charge in [-0.25, -0.2) is 9.97 Å². The summed E-state index contributed by atoms with van der Waals surface area (Å²) in [5, 5.41) is 9.48. The number of anilines is 1. The number of carbonyl (C=O) groups is 2. The number of rotatable bonds is 5. The van der Waals surface area contributed by atoms with Gasteiger partial charge in [0.05, 0.1) is 5.75 Å². The van der Waals surface area contributed by atoms with Gasteiger partial charge in [-0.05, 0) is 19.8 Å². The van der Waals surface area contributed by atoms with E-state index in [2.05, 4.69) is 21.8 Å². The molecule has 7 nitrogen and oxygen atoms in total. The van der Waals surface area contributed by atoms with Gasteiger partial charge in [0.1, 0.15) is 11.0 Å². The van der Waals surface area contributed by atoms with E-state index in [9.17, 15) is 9.59 Å². The van der Waals surface area contributed by atoms with E-state index < -0.39 is 5.97 Å². The molecular formula is C18H25ClN4O3S. The molecule has 9 heteroatoms. The van der Waals surface area contributed by atoms with E-state index in [4.69, 9.17) is 16.7 Å². The van der Waals surface area contributed by atoms with Crippen LogP contribution in [0.4, 0.5) is 5.82 Å². The number of hydrogen-bond acceptors (Lipinski definition) is 6. The van der Waals surface area contributed by atoms with Crippen LogP contribution in [0.3, 0.4) is 0 Å². The molecule has 148 valence electrons. The van der Waals surface area contributed by atoms with Crippen LogP contribution >= 0.6 is 23.4 Å². The summed E-state index contributed by atoms with van der Waals surface area (Å²) in [7, 11) is 0. The molecule has 0 unspecified atom stereocenters. The SMILES string of the molecule is C[C@@H]1CN(c2cc(Cl)nc(SCC(=O)O)n2)CCN1C(=O)C1CCCCC1. The van der Waals surface area contributed by atoms with Crippen molar-refractivity contribution in [2.75, 3.05) is 30.3 Å². The fourth-order valence-electron chi connectivity index (χ4n) is 3.82. The fourth-order valence-corrected chi connectivity index (χ4v) is 4.62. The minimum absolute atomic E-state index is 0.0945. The van der Waals surface area contributed by atoms with E-state index in [0.29, 0.717) is 41.7 Å². The van der Waals surface area contributed by atoms with Crippen molar-refractivity contribution < 1.29 is 14.7 Å². The number of carbonyl (C=O) groups excluding carboxylic acids is 1. The van der Waals surface area contributed by atoms with Gasteiger partial charge in [0.2, 0.25) is 5.91 Å². The van der Waals surface area contributed by atoms with E-state index >= 15 is 0 Å². The van der Waals surface area contributed by atoms with Gasteiger partial charge in [-0.1, -0.05) is 42.6 Å². The van der Waals surface area contributed by atoms with Crippen molar-refractivity contribution >= 4 is 41.1 Å². The summed E-state index contributed by atoms with van der Waals surface area (Å²) in [6, 6.07) is 1.79. The number of nitrogens with zero attached hydrogens (tertiary/aromatic N) is 4. The van der Waals surface area contributed by atoms with Crippen LogP contribution in [-0.2, 0) is 9.59 Å². The summed E-state index contributed by atoms with van der Waals surface area (Å²) >= 11 is 7.15. The van der Waals surface area contributed by atoms with E-state index in [1.165, 1.54) is 6.42 Å². The quantitative estimate of drug-likeness (QED) is 0.452. The van der Waals surface area contributed by atoms with E-state index in [-0.39, 0.29) is 17.7 Å². The Hall–Kier alpha value is -1.54. The highest BCUT2D eigenvalue weighted by Gasteiger charge is 2.33. The number of piperazine rings is 1. The standard InChI is InChI=1S/C18H25ClN4O3S/c1-12-10-22(7-8-23(12)17(26)13-5-3-2-4-6-13)15-9-14(19)20-18(21-15)27-11-16(24)25/h9,12-13H,2-8,10-11H2,1H3,(H,24,25)/t12-/m1/s1. The minimum atomic E-state index is -0.923. The highest BCUT2D eigenvalue weighted by molar-refractivity contribution is 7.99. The number of hydrogen-bond donors (Lipinski definition) is 1. The molecular weight excluding hydrogens is 388 g/mol. The van der Waals surface area contributed by atoms with Gasteiger partial charge in [-0.15, -0.1) is 0 Å². The highest BCUT2D eigenvalue weighted by Crippen LogP contribution is 2.28. The Labute approximate surface area is 168 Å². The third-order valence-electron chi connectivity index (χ3n) is 5.17. The van der Waals surface area contributed by atoms with Gasteiger partial charge in [0, 0.05) is 37.7 Å². The van der Waals surface area contributed by atoms with Crippen molar-refractivity contribution in [1.29, 1.82) is 0 Å². The number of aliphatic carboxylic acids is 1. The zero-order valence-corrected chi connectivity index (χ0v) is 17.0. The number of aromatic nitrogens is 2. The Kier molecular flexibility index (Phi) is 6.81. The largest absolute Gasteiger partial charge is 0.481 e. The van der Waals surface area contributed by atoms with Gasteiger partial charge < -0.3 is 14.9 Å². The molecule has 1 aliphatic heterocycles. The van der Waals surface area contributed by atoms with E-state index in [1.807, 2.05) is 4.90 Å². The minimum Gasteiger partial charge on any atom is -0.481 e. The average Bonchev–Trinajstić information content (AvgIpc) is 2.66. The maximum atomic E-state index is 12.9. The first kappa shape index (κ1) is 20.2. The summed E-state index contributed by atoms with van der Waals surface area (Å²) in [4.78, 5) is 36.3. The topological polar surface area (TPSA) is 86.6 Å². The predicted octanol–water partition coefficient (Wildman–Crippen LogP) is 2.92. The smallest absolute Gasteiger partial charge is 0.313 e. The number of halogens is 1. The van der Waals surface area contributed by atoms with Crippen molar-refractivity contribution in [2.45, 2.75) is 50.2 Å². The lowest BCUT2D eigenvalue weighted by Crippen LogP contribution is -2.55. The Morgan fingerprint density at radius 1 is 1.26 bits per heavy atom. The fraction of sp³-hybridized carbons (Fsp3) is 0.667. The van der Waals surface area contributed by atoms with Crippen molar-refractivity contribution in [3.8, 4) is 0 Å². The van der Waals surface area contributed by atoms with Gasteiger partial charge in [0.25, 0.3) is 0 Å². The monoisotopic (exact) mass is 412 g/mol. The molecule has 1 amide bonds. The molecule has 0 bridgehead atoms. The third-order valence-corrected chi connectivity index (χ3v) is 6.20. The second kappa shape index (κ2) is 9.10. The van der Waals surface area contributed by atoms with Crippen LogP contribution in [0.2, 0.25) is 5.15 Å². The lowest BCUT2D eigenvalue weighted by molar-refractivity contribution is -0.139. The Bertz CT molecular complexity index is 699. The van der Waals surface area contributed by atoms with Crippen LogP contribution in [0, 0.1) is 5.92 Å². The maximum Gasteiger partial charge on any atom is 0.313 e. The molecule has 0 spiro atoms. The van der Waals surface area contributed by atoms with Crippen LogP contribution < -0.4 is 4.90 Å². The lowest BCUT2D eigenvalue weighted by atomic mass is 9.88. The molecule has 1 aliphatic carbocycles. The normalized spacial score (nSPS) is 21.3. The molecule has 0 radical (unpaired) electrons. The van der Waals surface area contributed by atoms with Crippen LogP contribution in [-0.4, -0.2) is 63.3 Å². The summed E-state index contributed by atoms with van der Waals surface area (Å²) in [5.74, 6) is 0.119. The molecule has 1 saturated heterocycles. The van der Waals surface area contributed by atoms with Crippen LogP contribution in [0.1, 0.15) is 39.0 Å². The van der Waals surface area contributed by atoms with Crippen molar-refractivity contribution in [1.82, 2.24) is 14.9 Å². The molecule has 27 heavy (non-hydrogen) atoms. The van der Waals surface area contributed by atoms with Crippen LogP contribution in [0.5, 0.6) is 0 Å². The zero-order valence-electron chi connectivity index (χ0n) is 15.4. The summed E-state index contributed by atoms with van der Waals surface area (Å²) in [6.45, 7) is 4.08. The molecule has 2 heterocycles. The molecule has 2 fully saturated rings. The molecule has 1 aromatic heterocycles. The number of carboxylic acid groups (broad SMARTS) is 1. The lowest BCUT2D eigenvalue weighted by Gasteiger charge is -2.42. The van der Waals surface area contributed by atoms with Crippen molar-refractivity contribution in [3.05, 3.63) is 11.2 Å². The maximum absolute atomic E-state index is 12.9. The first-order chi connectivity index (χ1) is 12.9. The molecule has 0 aromatic carbocycles. The van der Waals surface area contributed by atoms with E-state index in [1.54, 1.807) is 6.07 Å². The zero-order chi connectivity index (χ0) is 19.4. The summed E-state index contributed by atoms with van der Waals surface area (Å²) in [5.41, 5.74) is 0. The second-order valence-electron chi connectivity index (χ2n) is 7.18. The Morgan fingerprint density at radius 2 is 2.00 bits per heavy atom. The summed E-state index contributed by atoms with van der Waals surface area (Å²) in [6.07, 6.45) is 5.57. The van der Waals surface area contributed by atoms with Gasteiger partial charge >= 0.3 is 5.97 Å². The van der Waals surface area contributed by atoms with Gasteiger partial charge in [-0.3, -0.25) is 9.59 Å². The molecule has 3 rings (SSSR count). The first-order valence-electron chi connectivity index (χ1n) is 9.38. The van der Waals surface area contributed by atoms with Crippen molar-refractivity contribution in [2.24, 2.45) is 5.92 Å². The summed E-state index contributed by atoms with van der Waals surface area (Å²) < 4.78 is 0. The molecule has 1 N–H and O–H groups in total. The van der Waals surface area contributed by atoms with E-state index in [0.717, 1.165) is 37.4 Å². The molecule has 1 atom stereocenters. The molecule has 2 aliphatic rings. The number of carboxylic acids is 1. The average molecular weight is 413 g/mol. The Morgan fingerprint density at radius 3 is 2.67 bits per heavy atom. The van der Waals surface area contributed by atoms with Crippen molar-refractivity contribution in [3.63, 3.8) is 0 Å². The first-order valence-corrected chi connectivity index (χ1v) is 10.7. The second-order valence-corrected chi connectivity index (χ2v) is 8.51. The highest BCUT2D eigenvalue weighted by atomic mass is 35.5. The Balaban J connectivity index is 1.65. The number of thioether (sulfide) groups is 1. The number of amides is 1.